The van der Waals surface area contributed by atoms with Crippen LogP contribution in [0.2, 0.25) is 0 Å². The molecule has 2 unspecified atom stereocenters. The van der Waals surface area contributed by atoms with E-state index in [1.54, 1.807) is 39.0 Å². The molecule has 0 aromatic heterocycles. The molecule has 7 heteroatoms. The number of para-hydroxylation sites is 1. The summed E-state index contributed by atoms with van der Waals surface area (Å²) in [5, 5.41) is 5.68. The highest BCUT2D eigenvalue weighted by atomic mass is 16.6. The summed E-state index contributed by atoms with van der Waals surface area (Å²) in [6.07, 6.45) is 2.54. The standard InChI is InChI=1S/C30H39N3O4/c1-9-18-33(28(35)25(20(3)4)32-29(36)37-30(6,7)8)26(23-16-13-15-22(10-2)19-23)27(34)31-24-17-12-11-14-21(24)5/h9-17,19-20,25-26H,1-2,18H2,3-8H3,(H,31,34)(H,32,36). The molecule has 0 aliphatic heterocycles. The van der Waals surface area contributed by atoms with Crippen molar-refractivity contribution in [2.45, 2.75) is 59.2 Å². The molecule has 0 bridgehead atoms. The summed E-state index contributed by atoms with van der Waals surface area (Å²) in [6, 6.07) is 12.8. The molecule has 2 rings (SSSR count). The fraction of sp³-hybridized carbons (Fsp3) is 0.367. The maximum atomic E-state index is 14.0. The van der Waals surface area contributed by atoms with Crippen molar-refractivity contribution in [3.8, 4) is 0 Å². The number of hydrogen-bond acceptors (Lipinski definition) is 4. The third kappa shape index (κ3) is 8.34. The fourth-order valence-electron chi connectivity index (χ4n) is 3.83. The lowest BCUT2D eigenvalue weighted by Gasteiger charge is -2.35. The highest BCUT2D eigenvalue weighted by Gasteiger charge is 2.37. The lowest BCUT2D eigenvalue weighted by molar-refractivity contribution is -0.141. The second-order valence-corrected chi connectivity index (χ2v) is 10.2. The van der Waals surface area contributed by atoms with Crippen LogP contribution in [-0.2, 0) is 14.3 Å². The molecule has 0 saturated heterocycles. The maximum Gasteiger partial charge on any atom is 0.408 e. The summed E-state index contributed by atoms with van der Waals surface area (Å²) in [5.41, 5.74) is 2.23. The van der Waals surface area contributed by atoms with Gasteiger partial charge in [0.05, 0.1) is 0 Å². The zero-order valence-corrected chi connectivity index (χ0v) is 22.7. The number of aryl methyl sites for hydroxylation is 1. The molecule has 0 fully saturated rings. The van der Waals surface area contributed by atoms with Gasteiger partial charge in [-0.2, -0.15) is 0 Å². The van der Waals surface area contributed by atoms with Gasteiger partial charge in [-0.05, 0) is 62.4 Å². The Bertz CT molecular complexity index is 1130. The average molecular weight is 506 g/mol. The number of benzene rings is 2. The average Bonchev–Trinajstić information content (AvgIpc) is 2.82. The van der Waals surface area contributed by atoms with Gasteiger partial charge in [-0.25, -0.2) is 4.79 Å². The van der Waals surface area contributed by atoms with Crippen LogP contribution >= 0.6 is 0 Å². The van der Waals surface area contributed by atoms with Gasteiger partial charge in [0, 0.05) is 12.2 Å². The Balaban J connectivity index is 2.54. The van der Waals surface area contributed by atoms with Crippen LogP contribution in [0.25, 0.3) is 6.08 Å². The van der Waals surface area contributed by atoms with Crippen LogP contribution in [-0.4, -0.2) is 41.0 Å². The second-order valence-electron chi connectivity index (χ2n) is 10.2. The summed E-state index contributed by atoms with van der Waals surface area (Å²) in [4.78, 5) is 41.8. The molecule has 0 saturated carbocycles. The lowest BCUT2D eigenvalue weighted by atomic mass is 9.97. The predicted molar refractivity (Wildman–Crippen MR) is 149 cm³/mol. The van der Waals surface area contributed by atoms with Gasteiger partial charge in [0.25, 0.3) is 5.91 Å². The Morgan fingerprint density at radius 2 is 1.73 bits per heavy atom. The maximum absolute atomic E-state index is 14.0. The number of rotatable bonds is 10. The molecule has 2 aromatic rings. The van der Waals surface area contributed by atoms with E-state index < -0.39 is 29.7 Å². The Kier molecular flexibility index (Phi) is 10.2. The van der Waals surface area contributed by atoms with Crippen LogP contribution in [0.4, 0.5) is 10.5 Å². The van der Waals surface area contributed by atoms with E-state index in [0.29, 0.717) is 11.3 Å². The highest BCUT2D eigenvalue weighted by molar-refractivity contribution is 5.99. The van der Waals surface area contributed by atoms with Crippen molar-refractivity contribution in [2.75, 3.05) is 11.9 Å². The first-order valence-electron chi connectivity index (χ1n) is 12.4. The summed E-state index contributed by atoms with van der Waals surface area (Å²) >= 11 is 0. The normalized spacial score (nSPS) is 12.7. The predicted octanol–water partition coefficient (Wildman–Crippen LogP) is 5.88. The molecule has 2 atom stereocenters. The van der Waals surface area contributed by atoms with Gasteiger partial charge in [-0.1, -0.05) is 69.0 Å². The van der Waals surface area contributed by atoms with E-state index in [2.05, 4.69) is 23.8 Å². The molecule has 0 spiro atoms. The monoisotopic (exact) mass is 505 g/mol. The molecule has 0 aliphatic rings. The summed E-state index contributed by atoms with van der Waals surface area (Å²) < 4.78 is 5.39. The lowest BCUT2D eigenvalue weighted by Crippen LogP contribution is -2.54. The van der Waals surface area contributed by atoms with Gasteiger partial charge in [-0.15, -0.1) is 6.58 Å². The van der Waals surface area contributed by atoms with E-state index in [-0.39, 0.29) is 18.4 Å². The first kappa shape index (κ1) is 29.4. The molecule has 37 heavy (non-hydrogen) atoms. The number of ether oxygens (including phenoxy) is 1. The number of amides is 3. The minimum absolute atomic E-state index is 0.0855. The van der Waals surface area contributed by atoms with Crippen molar-refractivity contribution in [2.24, 2.45) is 5.92 Å². The Labute approximate surface area is 220 Å². The molecule has 2 aromatic carbocycles. The van der Waals surface area contributed by atoms with Crippen molar-refractivity contribution in [1.29, 1.82) is 0 Å². The van der Waals surface area contributed by atoms with E-state index in [1.807, 2.05) is 63.2 Å². The van der Waals surface area contributed by atoms with Crippen molar-refractivity contribution in [3.05, 3.63) is 84.5 Å². The van der Waals surface area contributed by atoms with Crippen molar-refractivity contribution in [1.82, 2.24) is 10.2 Å². The Morgan fingerprint density at radius 3 is 2.30 bits per heavy atom. The number of nitrogens with zero attached hydrogens (tertiary/aromatic N) is 1. The minimum atomic E-state index is -0.994. The Morgan fingerprint density at radius 1 is 1.05 bits per heavy atom. The Hall–Kier alpha value is -3.87. The van der Waals surface area contributed by atoms with Crippen LogP contribution in [0.5, 0.6) is 0 Å². The molecule has 198 valence electrons. The van der Waals surface area contributed by atoms with Crippen molar-refractivity contribution in [3.63, 3.8) is 0 Å². The minimum Gasteiger partial charge on any atom is -0.444 e. The highest BCUT2D eigenvalue weighted by Crippen LogP contribution is 2.27. The van der Waals surface area contributed by atoms with Crippen LogP contribution in [0, 0.1) is 12.8 Å². The topological polar surface area (TPSA) is 87.7 Å². The largest absolute Gasteiger partial charge is 0.444 e. The zero-order valence-electron chi connectivity index (χ0n) is 22.7. The molecule has 0 heterocycles. The van der Waals surface area contributed by atoms with Gasteiger partial charge in [-0.3, -0.25) is 9.59 Å². The smallest absolute Gasteiger partial charge is 0.408 e. The molecule has 0 aliphatic carbocycles. The van der Waals surface area contributed by atoms with E-state index in [0.717, 1.165) is 11.1 Å². The van der Waals surface area contributed by atoms with Gasteiger partial charge in [0.2, 0.25) is 5.91 Å². The first-order valence-corrected chi connectivity index (χ1v) is 12.4. The van der Waals surface area contributed by atoms with Gasteiger partial charge >= 0.3 is 6.09 Å². The quantitative estimate of drug-likeness (QED) is 0.395. The number of nitrogens with one attached hydrogen (secondary N) is 2. The molecule has 2 N–H and O–H groups in total. The van der Waals surface area contributed by atoms with Crippen molar-refractivity contribution < 1.29 is 19.1 Å². The van der Waals surface area contributed by atoms with E-state index in [9.17, 15) is 14.4 Å². The summed E-state index contributed by atoms with van der Waals surface area (Å²) in [6.45, 7) is 18.5. The number of alkyl carbamates (subject to hydrolysis) is 1. The second kappa shape index (κ2) is 12.9. The zero-order chi connectivity index (χ0) is 27.8. The number of anilines is 1. The number of carbonyl (C=O) groups excluding carboxylic acids is 3. The van der Waals surface area contributed by atoms with Gasteiger partial charge in [0.1, 0.15) is 17.7 Å². The summed E-state index contributed by atoms with van der Waals surface area (Å²) in [7, 11) is 0. The van der Waals surface area contributed by atoms with Crippen LogP contribution < -0.4 is 10.6 Å². The molecular formula is C30H39N3O4. The third-order valence-electron chi connectivity index (χ3n) is 5.64. The van der Waals surface area contributed by atoms with Crippen LogP contribution in [0.1, 0.15) is 57.4 Å². The number of hydrogen-bond donors (Lipinski definition) is 2. The molecule has 3 amide bonds. The molecule has 0 radical (unpaired) electrons. The molecule has 7 nitrogen and oxygen atoms in total. The van der Waals surface area contributed by atoms with E-state index in [1.165, 1.54) is 4.90 Å². The van der Waals surface area contributed by atoms with Gasteiger partial charge in [0.15, 0.2) is 0 Å². The van der Waals surface area contributed by atoms with Crippen LogP contribution in [0.3, 0.4) is 0 Å². The van der Waals surface area contributed by atoms with E-state index >= 15 is 0 Å². The fourth-order valence-corrected chi connectivity index (χ4v) is 3.83. The summed E-state index contributed by atoms with van der Waals surface area (Å²) in [5.74, 6) is -1.08. The van der Waals surface area contributed by atoms with Crippen molar-refractivity contribution >= 4 is 29.7 Å². The SMILES string of the molecule is C=CCN(C(=O)C(NC(=O)OC(C)(C)C)C(C)C)C(C(=O)Nc1ccccc1C)c1cccc(C=C)c1. The number of carbonyl (C=O) groups is 3. The first-order chi connectivity index (χ1) is 17.4. The van der Waals surface area contributed by atoms with Gasteiger partial charge < -0.3 is 20.3 Å². The van der Waals surface area contributed by atoms with Crippen LogP contribution in [0.15, 0.2) is 67.8 Å². The molecular weight excluding hydrogens is 466 g/mol. The third-order valence-corrected chi connectivity index (χ3v) is 5.64. The van der Waals surface area contributed by atoms with E-state index in [4.69, 9.17) is 4.74 Å².